The van der Waals surface area contributed by atoms with Crippen molar-refractivity contribution in [3.05, 3.63) is 29.6 Å². The highest BCUT2D eigenvalue weighted by molar-refractivity contribution is 7.99. The summed E-state index contributed by atoms with van der Waals surface area (Å²) < 4.78 is 14.3. The van der Waals surface area contributed by atoms with E-state index in [9.17, 15) is 4.39 Å². The molecule has 1 aliphatic rings. The summed E-state index contributed by atoms with van der Waals surface area (Å²) in [6, 6.07) is 6.00. The minimum absolute atomic E-state index is 0.0963. The highest BCUT2D eigenvalue weighted by Gasteiger charge is 2.25. The first-order valence-electron chi connectivity index (χ1n) is 7.01. The molecule has 0 spiro atoms. The number of rotatable bonds is 4. The Bertz CT molecular complexity index is 425. The second kappa shape index (κ2) is 6.62. The van der Waals surface area contributed by atoms with Crippen molar-refractivity contribution in [3.8, 4) is 0 Å². The number of benzene rings is 1. The Morgan fingerprint density at radius 2 is 2.32 bits per heavy atom. The molecule has 2 rings (SSSR count). The number of hydrogen-bond donors (Lipinski definition) is 1. The lowest BCUT2D eigenvalue weighted by Gasteiger charge is -2.37. The molecule has 1 aromatic rings. The molecule has 0 aliphatic carbocycles. The Morgan fingerprint density at radius 1 is 1.53 bits per heavy atom. The number of para-hydroxylation sites is 1. The summed E-state index contributed by atoms with van der Waals surface area (Å²) in [6.07, 6.45) is 0. The zero-order chi connectivity index (χ0) is 13.8. The van der Waals surface area contributed by atoms with Crippen LogP contribution in [-0.2, 0) is 0 Å². The maximum absolute atomic E-state index is 14.3. The van der Waals surface area contributed by atoms with Gasteiger partial charge in [0.15, 0.2) is 0 Å². The first-order valence-corrected chi connectivity index (χ1v) is 8.16. The van der Waals surface area contributed by atoms with Crippen LogP contribution in [0.15, 0.2) is 18.2 Å². The van der Waals surface area contributed by atoms with Gasteiger partial charge in [-0.1, -0.05) is 19.1 Å². The molecule has 4 heteroatoms. The van der Waals surface area contributed by atoms with Crippen LogP contribution in [0.1, 0.15) is 32.4 Å². The molecular formula is C15H23FN2S. The molecule has 106 valence electrons. The zero-order valence-corrected chi connectivity index (χ0v) is 12.8. The normalized spacial score (nSPS) is 21.5. The van der Waals surface area contributed by atoms with E-state index in [1.54, 1.807) is 6.07 Å². The molecule has 1 N–H and O–H groups in total. The van der Waals surface area contributed by atoms with Gasteiger partial charge in [-0.3, -0.25) is 0 Å². The van der Waals surface area contributed by atoms with Gasteiger partial charge in [0.1, 0.15) is 5.82 Å². The fourth-order valence-electron chi connectivity index (χ4n) is 2.66. The lowest BCUT2D eigenvalue weighted by molar-refractivity contribution is 0.568. The lowest BCUT2D eigenvalue weighted by atomic mass is 10.0. The summed E-state index contributed by atoms with van der Waals surface area (Å²) in [6.45, 7) is 8.18. The largest absolute Gasteiger partial charge is 0.365 e. The van der Waals surface area contributed by atoms with E-state index in [-0.39, 0.29) is 11.9 Å². The third-order valence-electron chi connectivity index (χ3n) is 3.65. The van der Waals surface area contributed by atoms with Gasteiger partial charge in [-0.2, -0.15) is 11.8 Å². The SMILES string of the molecule is CCNC(C)c1cccc(F)c1N1CCSCC1C. The summed E-state index contributed by atoms with van der Waals surface area (Å²) in [5.41, 5.74) is 1.87. The number of anilines is 1. The van der Waals surface area contributed by atoms with Crippen molar-refractivity contribution in [1.82, 2.24) is 5.32 Å². The molecule has 0 amide bonds. The number of nitrogens with zero attached hydrogens (tertiary/aromatic N) is 1. The van der Waals surface area contributed by atoms with Crippen molar-refractivity contribution < 1.29 is 4.39 Å². The average Bonchev–Trinajstić information content (AvgIpc) is 2.40. The van der Waals surface area contributed by atoms with Gasteiger partial charge < -0.3 is 10.2 Å². The maximum Gasteiger partial charge on any atom is 0.146 e. The highest BCUT2D eigenvalue weighted by atomic mass is 32.2. The minimum atomic E-state index is -0.0963. The smallest absolute Gasteiger partial charge is 0.146 e. The van der Waals surface area contributed by atoms with Gasteiger partial charge >= 0.3 is 0 Å². The molecule has 0 saturated carbocycles. The van der Waals surface area contributed by atoms with E-state index >= 15 is 0 Å². The summed E-state index contributed by atoms with van der Waals surface area (Å²) >= 11 is 1.95. The van der Waals surface area contributed by atoms with Gasteiger partial charge in [-0.05, 0) is 32.0 Å². The van der Waals surface area contributed by atoms with Crippen LogP contribution in [-0.4, -0.2) is 30.6 Å². The Balaban J connectivity index is 2.36. The summed E-state index contributed by atoms with van der Waals surface area (Å²) in [7, 11) is 0. The van der Waals surface area contributed by atoms with Crippen LogP contribution in [0.4, 0.5) is 10.1 Å². The highest BCUT2D eigenvalue weighted by Crippen LogP contribution is 2.33. The van der Waals surface area contributed by atoms with Crippen molar-refractivity contribution in [3.63, 3.8) is 0 Å². The molecule has 2 unspecified atom stereocenters. The fraction of sp³-hybridized carbons (Fsp3) is 0.600. The van der Waals surface area contributed by atoms with E-state index in [0.717, 1.165) is 35.8 Å². The first kappa shape index (κ1) is 14.7. The maximum atomic E-state index is 14.3. The molecule has 2 atom stereocenters. The molecule has 2 nitrogen and oxygen atoms in total. The third-order valence-corrected chi connectivity index (χ3v) is 4.84. The topological polar surface area (TPSA) is 15.3 Å². The lowest BCUT2D eigenvalue weighted by Crippen LogP contribution is -2.42. The average molecular weight is 282 g/mol. The molecule has 0 bridgehead atoms. The molecular weight excluding hydrogens is 259 g/mol. The number of hydrogen-bond acceptors (Lipinski definition) is 3. The molecule has 1 heterocycles. The number of nitrogens with one attached hydrogen (secondary N) is 1. The molecule has 1 fully saturated rings. The van der Waals surface area contributed by atoms with Crippen LogP contribution < -0.4 is 10.2 Å². The molecule has 0 aromatic heterocycles. The molecule has 1 aliphatic heterocycles. The fourth-order valence-corrected chi connectivity index (χ4v) is 3.67. The van der Waals surface area contributed by atoms with E-state index in [1.807, 2.05) is 23.9 Å². The second-order valence-electron chi connectivity index (χ2n) is 5.07. The number of halogens is 1. The minimum Gasteiger partial charge on any atom is -0.365 e. The van der Waals surface area contributed by atoms with Gasteiger partial charge in [0, 0.05) is 30.1 Å². The van der Waals surface area contributed by atoms with E-state index in [0.29, 0.717) is 6.04 Å². The first-order chi connectivity index (χ1) is 9.15. The quantitative estimate of drug-likeness (QED) is 0.911. The second-order valence-corrected chi connectivity index (χ2v) is 6.22. The Labute approximate surface area is 119 Å². The molecule has 1 aromatic carbocycles. The van der Waals surface area contributed by atoms with Crippen LogP contribution in [0.25, 0.3) is 0 Å². The molecule has 19 heavy (non-hydrogen) atoms. The zero-order valence-electron chi connectivity index (χ0n) is 11.9. The van der Waals surface area contributed by atoms with Gasteiger partial charge in [-0.15, -0.1) is 0 Å². The summed E-state index contributed by atoms with van der Waals surface area (Å²) in [4.78, 5) is 2.23. The van der Waals surface area contributed by atoms with E-state index in [2.05, 4.69) is 31.0 Å². The predicted molar refractivity (Wildman–Crippen MR) is 82.6 cm³/mol. The Kier molecular flexibility index (Phi) is 5.11. The molecule has 1 saturated heterocycles. The van der Waals surface area contributed by atoms with Crippen molar-refractivity contribution >= 4 is 17.4 Å². The van der Waals surface area contributed by atoms with E-state index in [4.69, 9.17) is 0 Å². The van der Waals surface area contributed by atoms with Crippen LogP contribution in [0.5, 0.6) is 0 Å². The van der Waals surface area contributed by atoms with Crippen molar-refractivity contribution in [2.45, 2.75) is 32.9 Å². The van der Waals surface area contributed by atoms with Crippen molar-refractivity contribution in [2.24, 2.45) is 0 Å². The number of thioether (sulfide) groups is 1. The Hall–Kier alpha value is -0.740. The van der Waals surface area contributed by atoms with E-state index < -0.39 is 0 Å². The summed E-state index contributed by atoms with van der Waals surface area (Å²) in [5, 5.41) is 3.38. The standard InChI is InChI=1S/C15H23FN2S/c1-4-17-12(3)13-6-5-7-14(16)15(13)18-8-9-19-10-11(18)2/h5-7,11-12,17H,4,8-10H2,1-3H3. The van der Waals surface area contributed by atoms with Crippen molar-refractivity contribution in [2.75, 3.05) is 29.5 Å². The summed E-state index contributed by atoms with van der Waals surface area (Å²) in [5.74, 6) is 2.05. The van der Waals surface area contributed by atoms with Crippen LogP contribution in [0, 0.1) is 5.82 Å². The molecule has 0 radical (unpaired) electrons. The monoisotopic (exact) mass is 282 g/mol. The van der Waals surface area contributed by atoms with Crippen LogP contribution >= 0.6 is 11.8 Å². The Morgan fingerprint density at radius 3 is 3.00 bits per heavy atom. The van der Waals surface area contributed by atoms with E-state index in [1.165, 1.54) is 0 Å². The van der Waals surface area contributed by atoms with Crippen LogP contribution in [0.2, 0.25) is 0 Å². The van der Waals surface area contributed by atoms with Gasteiger partial charge in [-0.25, -0.2) is 4.39 Å². The van der Waals surface area contributed by atoms with Crippen molar-refractivity contribution in [1.29, 1.82) is 0 Å². The van der Waals surface area contributed by atoms with Crippen LogP contribution in [0.3, 0.4) is 0 Å². The van der Waals surface area contributed by atoms with Gasteiger partial charge in [0.2, 0.25) is 0 Å². The predicted octanol–water partition coefficient (Wildman–Crippen LogP) is 3.44. The third kappa shape index (κ3) is 3.23. The van der Waals surface area contributed by atoms with Gasteiger partial charge in [0.05, 0.1) is 5.69 Å². The van der Waals surface area contributed by atoms with Gasteiger partial charge in [0.25, 0.3) is 0 Å².